The van der Waals surface area contributed by atoms with Gasteiger partial charge in [-0.2, -0.15) is 0 Å². The SMILES string of the molecule is CCN(CC)CCNc1ccc(Br)cc1N. The molecule has 1 aromatic carbocycles. The molecule has 0 radical (unpaired) electrons. The summed E-state index contributed by atoms with van der Waals surface area (Å²) in [6, 6.07) is 5.91. The minimum Gasteiger partial charge on any atom is -0.397 e. The standard InChI is InChI=1S/C12H20BrN3/c1-3-16(4-2)8-7-15-12-6-5-10(13)9-11(12)14/h5-6,9,15H,3-4,7-8,14H2,1-2H3. The Labute approximate surface area is 106 Å². The van der Waals surface area contributed by atoms with Crippen LogP contribution in [0.15, 0.2) is 22.7 Å². The van der Waals surface area contributed by atoms with Crippen molar-refractivity contribution in [3.63, 3.8) is 0 Å². The van der Waals surface area contributed by atoms with Crippen LogP contribution in [0.25, 0.3) is 0 Å². The normalized spacial score (nSPS) is 10.8. The maximum absolute atomic E-state index is 5.90. The lowest BCUT2D eigenvalue weighted by Crippen LogP contribution is -2.28. The molecule has 0 bridgehead atoms. The van der Waals surface area contributed by atoms with Gasteiger partial charge in [-0.15, -0.1) is 0 Å². The fraction of sp³-hybridized carbons (Fsp3) is 0.500. The molecule has 1 rings (SSSR count). The molecule has 0 amide bonds. The van der Waals surface area contributed by atoms with E-state index in [4.69, 9.17) is 5.73 Å². The van der Waals surface area contributed by atoms with Gasteiger partial charge >= 0.3 is 0 Å². The minimum atomic E-state index is 0.786. The second-order valence-electron chi connectivity index (χ2n) is 3.69. The minimum absolute atomic E-state index is 0.786. The van der Waals surface area contributed by atoms with E-state index in [9.17, 15) is 0 Å². The zero-order valence-corrected chi connectivity index (χ0v) is 11.5. The molecule has 0 aliphatic rings. The third-order valence-corrected chi connectivity index (χ3v) is 3.14. The molecule has 0 saturated carbocycles. The average Bonchev–Trinajstić information content (AvgIpc) is 2.27. The molecule has 1 aromatic rings. The van der Waals surface area contributed by atoms with Crippen molar-refractivity contribution in [2.45, 2.75) is 13.8 Å². The summed E-state index contributed by atoms with van der Waals surface area (Å²) >= 11 is 3.39. The third-order valence-electron chi connectivity index (χ3n) is 2.65. The van der Waals surface area contributed by atoms with Crippen molar-refractivity contribution in [3.8, 4) is 0 Å². The Kier molecular flexibility index (Phi) is 5.63. The lowest BCUT2D eigenvalue weighted by atomic mass is 10.2. The average molecular weight is 286 g/mol. The van der Waals surface area contributed by atoms with Crippen LogP contribution in [0, 0.1) is 0 Å². The van der Waals surface area contributed by atoms with Gasteiger partial charge in [0.1, 0.15) is 0 Å². The Hall–Kier alpha value is -0.740. The quantitative estimate of drug-likeness (QED) is 0.790. The highest BCUT2D eigenvalue weighted by molar-refractivity contribution is 9.10. The highest BCUT2D eigenvalue weighted by Crippen LogP contribution is 2.22. The summed E-state index contributed by atoms with van der Waals surface area (Å²) in [6.07, 6.45) is 0. The Balaban J connectivity index is 2.42. The van der Waals surface area contributed by atoms with Gasteiger partial charge in [0, 0.05) is 17.6 Å². The Morgan fingerprint density at radius 3 is 2.56 bits per heavy atom. The second kappa shape index (κ2) is 6.76. The van der Waals surface area contributed by atoms with E-state index in [-0.39, 0.29) is 0 Å². The number of likely N-dealkylation sites (N-methyl/N-ethyl adjacent to an activating group) is 1. The van der Waals surface area contributed by atoms with E-state index in [2.05, 4.69) is 40.0 Å². The fourth-order valence-corrected chi connectivity index (χ4v) is 1.96. The molecular formula is C12H20BrN3. The molecule has 0 spiro atoms. The summed E-state index contributed by atoms with van der Waals surface area (Å²) in [6.45, 7) is 8.51. The van der Waals surface area contributed by atoms with Gasteiger partial charge in [0.15, 0.2) is 0 Å². The zero-order valence-electron chi connectivity index (χ0n) is 9.96. The number of halogens is 1. The van der Waals surface area contributed by atoms with Crippen LogP contribution in [-0.4, -0.2) is 31.1 Å². The first-order chi connectivity index (χ1) is 7.67. The predicted molar refractivity (Wildman–Crippen MR) is 74.8 cm³/mol. The van der Waals surface area contributed by atoms with E-state index in [0.717, 1.165) is 42.0 Å². The molecule has 0 saturated heterocycles. The van der Waals surface area contributed by atoms with Crippen molar-refractivity contribution >= 4 is 27.3 Å². The largest absolute Gasteiger partial charge is 0.397 e. The highest BCUT2D eigenvalue weighted by atomic mass is 79.9. The van der Waals surface area contributed by atoms with Gasteiger partial charge in [-0.05, 0) is 31.3 Å². The molecule has 3 N–H and O–H groups in total. The molecule has 0 unspecified atom stereocenters. The van der Waals surface area contributed by atoms with Gasteiger partial charge in [0.25, 0.3) is 0 Å². The fourth-order valence-electron chi connectivity index (χ4n) is 1.58. The molecule has 0 aliphatic heterocycles. The lowest BCUT2D eigenvalue weighted by Gasteiger charge is -2.18. The number of nitrogens with one attached hydrogen (secondary N) is 1. The van der Waals surface area contributed by atoms with Crippen LogP contribution in [-0.2, 0) is 0 Å². The maximum atomic E-state index is 5.90. The molecular weight excluding hydrogens is 266 g/mol. The molecule has 16 heavy (non-hydrogen) atoms. The van der Waals surface area contributed by atoms with Gasteiger partial charge in [-0.3, -0.25) is 0 Å². The highest BCUT2D eigenvalue weighted by Gasteiger charge is 2.01. The summed E-state index contributed by atoms with van der Waals surface area (Å²) in [4.78, 5) is 2.38. The van der Waals surface area contributed by atoms with Crippen molar-refractivity contribution in [1.82, 2.24) is 4.90 Å². The summed E-state index contributed by atoms with van der Waals surface area (Å²) in [5, 5.41) is 3.35. The smallest absolute Gasteiger partial charge is 0.0575 e. The number of nitrogens with two attached hydrogens (primary N) is 1. The number of anilines is 2. The molecule has 0 aliphatic carbocycles. The molecule has 0 fully saturated rings. The lowest BCUT2D eigenvalue weighted by molar-refractivity contribution is 0.316. The molecule has 0 heterocycles. The maximum Gasteiger partial charge on any atom is 0.0575 e. The molecule has 90 valence electrons. The Morgan fingerprint density at radius 2 is 2.00 bits per heavy atom. The van der Waals surface area contributed by atoms with Crippen LogP contribution in [0.3, 0.4) is 0 Å². The predicted octanol–water partition coefficient (Wildman–Crippen LogP) is 2.79. The summed E-state index contributed by atoms with van der Waals surface area (Å²) < 4.78 is 1.01. The van der Waals surface area contributed by atoms with Crippen LogP contribution in [0.4, 0.5) is 11.4 Å². The van der Waals surface area contributed by atoms with Crippen LogP contribution in [0.2, 0.25) is 0 Å². The number of nitrogens with zero attached hydrogens (tertiary/aromatic N) is 1. The van der Waals surface area contributed by atoms with Crippen LogP contribution in [0.5, 0.6) is 0 Å². The van der Waals surface area contributed by atoms with Crippen molar-refractivity contribution < 1.29 is 0 Å². The van der Waals surface area contributed by atoms with E-state index in [1.807, 2.05) is 18.2 Å². The van der Waals surface area contributed by atoms with Gasteiger partial charge in [0.2, 0.25) is 0 Å². The number of benzene rings is 1. The van der Waals surface area contributed by atoms with Crippen LogP contribution < -0.4 is 11.1 Å². The first-order valence-corrected chi connectivity index (χ1v) is 6.48. The Bertz CT molecular complexity index is 324. The van der Waals surface area contributed by atoms with Crippen molar-refractivity contribution in [2.24, 2.45) is 0 Å². The molecule has 0 aromatic heterocycles. The molecule has 3 nitrogen and oxygen atoms in total. The van der Waals surface area contributed by atoms with E-state index in [1.54, 1.807) is 0 Å². The van der Waals surface area contributed by atoms with Crippen molar-refractivity contribution in [3.05, 3.63) is 22.7 Å². The summed E-state index contributed by atoms with van der Waals surface area (Å²) in [7, 11) is 0. The van der Waals surface area contributed by atoms with E-state index >= 15 is 0 Å². The number of hydrogen-bond donors (Lipinski definition) is 2. The van der Waals surface area contributed by atoms with Gasteiger partial charge in [-0.1, -0.05) is 29.8 Å². The molecule has 4 heteroatoms. The number of rotatable bonds is 6. The number of nitrogen functional groups attached to an aromatic ring is 1. The van der Waals surface area contributed by atoms with Crippen LogP contribution >= 0.6 is 15.9 Å². The van der Waals surface area contributed by atoms with E-state index in [1.165, 1.54) is 0 Å². The van der Waals surface area contributed by atoms with Crippen LogP contribution in [0.1, 0.15) is 13.8 Å². The third kappa shape index (κ3) is 4.02. The first kappa shape index (κ1) is 13.3. The molecule has 0 atom stereocenters. The van der Waals surface area contributed by atoms with Crippen molar-refractivity contribution in [2.75, 3.05) is 37.2 Å². The number of hydrogen-bond acceptors (Lipinski definition) is 3. The Morgan fingerprint density at radius 1 is 1.31 bits per heavy atom. The summed E-state index contributed by atoms with van der Waals surface area (Å²) in [5.74, 6) is 0. The topological polar surface area (TPSA) is 41.3 Å². The second-order valence-corrected chi connectivity index (χ2v) is 4.60. The van der Waals surface area contributed by atoms with Gasteiger partial charge in [-0.25, -0.2) is 0 Å². The van der Waals surface area contributed by atoms with E-state index < -0.39 is 0 Å². The van der Waals surface area contributed by atoms with Gasteiger partial charge < -0.3 is 16.0 Å². The monoisotopic (exact) mass is 285 g/mol. The van der Waals surface area contributed by atoms with Crippen molar-refractivity contribution in [1.29, 1.82) is 0 Å². The first-order valence-electron chi connectivity index (χ1n) is 5.68. The summed E-state index contributed by atoms with van der Waals surface area (Å²) in [5.41, 5.74) is 7.69. The van der Waals surface area contributed by atoms with Gasteiger partial charge in [0.05, 0.1) is 11.4 Å². The zero-order chi connectivity index (χ0) is 12.0. The van der Waals surface area contributed by atoms with E-state index in [0.29, 0.717) is 0 Å².